The predicted molar refractivity (Wildman–Crippen MR) is 146 cm³/mol. The second kappa shape index (κ2) is 10.4. The van der Waals surface area contributed by atoms with Crippen LogP contribution >= 0.6 is 0 Å². The minimum atomic E-state index is -3.98. The normalized spacial score (nSPS) is 11.5. The number of imidazole rings is 1. The third kappa shape index (κ3) is 5.17. The lowest BCUT2D eigenvalue weighted by Gasteiger charge is -2.13. The molecule has 0 saturated heterocycles. The Bertz CT molecular complexity index is 1660. The molecule has 0 aliphatic carbocycles. The molecule has 5 rings (SSSR count). The maximum Gasteiger partial charge on any atom is 0.265 e. The molecule has 0 bridgehead atoms. The molecule has 0 spiro atoms. The van der Waals surface area contributed by atoms with Gasteiger partial charge in [-0.1, -0.05) is 79.7 Å². The van der Waals surface area contributed by atoms with E-state index in [1.165, 1.54) is 12.1 Å². The minimum absolute atomic E-state index is 0.0413. The lowest BCUT2D eigenvalue weighted by Crippen LogP contribution is -2.30. The van der Waals surface area contributed by atoms with E-state index in [-0.39, 0.29) is 4.90 Å². The molecule has 7 heteroatoms. The van der Waals surface area contributed by atoms with Crippen molar-refractivity contribution in [3.05, 3.63) is 120 Å². The molecule has 186 valence electrons. The zero-order valence-corrected chi connectivity index (χ0v) is 21.3. The number of benzene rings is 4. The summed E-state index contributed by atoms with van der Waals surface area (Å²) >= 11 is 0. The van der Waals surface area contributed by atoms with Crippen LogP contribution in [0.5, 0.6) is 0 Å². The lowest BCUT2D eigenvalue weighted by molar-refractivity contribution is 0.0982. The number of fused-ring (bicyclic) bond motifs is 1. The Morgan fingerprint density at radius 3 is 2.27 bits per heavy atom. The van der Waals surface area contributed by atoms with E-state index in [4.69, 9.17) is 4.98 Å². The zero-order valence-electron chi connectivity index (χ0n) is 20.5. The van der Waals surface area contributed by atoms with E-state index in [0.29, 0.717) is 17.7 Å². The van der Waals surface area contributed by atoms with Crippen LogP contribution in [0, 0.1) is 0 Å². The van der Waals surface area contributed by atoms with E-state index < -0.39 is 15.9 Å². The summed E-state index contributed by atoms with van der Waals surface area (Å²) < 4.78 is 29.8. The molecule has 0 aliphatic rings. The van der Waals surface area contributed by atoms with Crippen molar-refractivity contribution in [1.29, 1.82) is 0 Å². The Hall–Kier alpha value is -4.23. The van der Waals surface area contributed by atoms with E-state index in [0.717, 1.165) is 40.8 Å². The summed E-state index contributed by atoms with van der Waals surface area (Å²) in [7, 11) is -3.98. The van der Waals surface area contributed by atoms with Gasteiger partial charge in [0.2, 0.25) is 0 Å². The molecule has 0 saturated carbocycles. The molecule has 0 atom stereocenters. The molecule has 1 amide bonds. The molecule has 1 N–H and O–H groups in total. The number of amides is 1. The number of nitrogens with zero attached hydrogens (tertiary/aromatic N) is 2. The molecule has 0 unspecified atom stereocenters. The first-order chi connectivity index (χ1) is 18.0. The van der Waals surface area contributed by atoms with Crippen LogP contribution in [0.2, 0.25) is 0 Å². The predicted octanol–water partition coefficient (Wildman–Crippen LogP) is 5.82. The van der Waals surface area contributed by atoms with Gasteiger partial charge < -0.3 is 4.57 Å². The fraction of sp³-hybridized carbons (Fsp3) is 0.133. The molecule has 37 heavy (non-hydrogen) atoms. The van der Waals surface area contributed by atoms with Crippen LogP contribution < -0.4 is 4.72 Å². The van der Waals surface area contributed by atoms with Gasteiger partial charge in [0.15, 0.2) is 0 Å². The highest BCUT2D eigenvalue weighted by molar-refractivity contribution is 7.90. The summed E-state index contributed by atoms with van der Waals surface area (Å²) in [5, 5.41) is 0. The Balaban J connectivity index is 1.41. The van der Waals surface area contributed by atoms with Gasteiger partial charge in [0.1, 0.15) is 5.82 Å². The second-order valence-corrected chi connectivity index (χ2v) is 10.5. The maximum atomic E-state index is 13.0. The number of aromatic nitrogens is 2. The standard InChI is InChI=1S/C30H27N3O3S/c1-2-10-29-31-27-15-8-9-16-28(27)33(29)21-22-17-19-23(20-18-22)25-13-6-7-14-26(25)30(34)32-37(35,36)24-11-4-3-5-12-24/h3-9,11-20H,2,10,21H2,1H3,(H,32,34). The first kappa shape index (κ1) is 24.5. The summed E-state index contributed by atoms with van der Waals surface area (Å²) in [6, 6.07) is 31.0. The summed E-state index contributed by atoms with van der Waals surface area (Å²) in [5.74, 6) is 0.395. The number of para-hydroxylation sites is 2. The molecule has 0 aliphatic heterocycles. The molecular formula is C30H27N3O3S. The third-order valence-corrected chi connectivity index (χ3v) is 7.61. The number of hydrogen-bond donors (Lipinski definition) is 1. The van der Waals surface area contributed by atoms with E-state index >= 15 is 0 Å². The molecular weight excluding hydrogens is 482 g/mol. The Labute approximate surface area is 216 Å². The van der Waals surface area contributed by atoms with Crippen molar-refractivity contribution in [2.45, 2.75) is 31.2 Å². The van der Waals surface area contributed by atoms with Gasteiger partial charge in [-0.3, -0.25) is 4.79 Å². The highest BCUT2D eigenvalue weighted by atomic mass is 32.2. The summed E-state index contributed by atoms with van der Waals surface area (Å²) in [5.41, 5.74) is 4.99. The summed E-state index contributed by atoms with van der Waals surface area (Å²) in [6.45, 7) is 2.84. The van der Waals surface area contributed by atoms with Crippen molar-refractivity contribution in [3.8, 4) is 11.1 Å². The fourth-order valence-corrected chi connectivity index (χ4v) is 5.44. The van der Waals surface area contributed by atoms with Crippen molar-refractivity contribution in [2.75, 3.05) is 0 Å². The average molecular weight is 510 g/mol. The van der Waals surface area contributed by atoms with Crippen molar-refractivity contribution in [3.63, 3.8) is 0 Å². The smallest absolute Gasteiger partial charge is 0.265 e. The van der Waals surface area contributed by atoms with Crippen LogP contribution in [0.3, 0.4) is 0 Å². The average Bonchev–Trinajstić information content (AvgIpc) is 3.26. The first-order valence-electron chi connectivity index (χ1n) is 12.2. The number of hydrogen-bond acceptors (Lipinski definition) is 4. The van der Waals surface area contributed by atoms with Gasteiger partial charge in [0.05, 0.1) is 15.9 Å². The number of nitrogens with one attached hydrogen (secondary N) is 1. The van der Waals surface area contributed by atoms with Gasteiger partial charge in [-0.2, -0.15) is 0 Å². The van der Waals surface area contributed by atoms with Gasteiger partial charge in [0, 0.05) is 18.5 Å². The number of rotatable bonds is 8. The largest absolute Gasteiger partial charge is 0.323 e. The van der Waals surface area contributed by atoms with Gasteiger partial charge in [-0.15, -0.1) is 0 Å². The van der Waals surface area contributed by atoms with Crippen molar-refractivity contribution >= 4 is 27.0 Å². The van der Waals surface area contributed by atoms with Crippen LogP contribution in [-0.4, -0.2) is 23.9 Å². The molecule has 1 heterocycles. The van der Waals surface area contributed by atoms with Crippen LogP contribution in [0.15, 0.2) is 108 Å². The minimum Gasteiger partial charge on any atom is -0.323 e. The highest BCUT2D eigenvalue weighted by Gasteiger charge is 2.21. The number of sulfonamides is 1. The Morgan fingerprint density at radius 2 is 1.51 bits per heavy atom. The van der Waals surface area contributed by atoms with Crippen molar-refractivity contribution < 1.29 is 13.2 Å². The van der Waals surface area contributed by atoms with Gasteiger partial charge in [-0.05, 0) is 53.4 Å². The second-order valence-electron chi connectivity index (χ2n) is 8.84. The highest BCUT2D eigenvalue weighted by Crippen LogP contribution is 2.26. The fourth-order valence-electron chi connectivity index (χ4n) is 4.46. The Kier molecular flexibility index (Phi) is 6.88. The zero-order chi connectivity index (χ0) is 25.8. The molecule has 0 fully saturated rings. The lowest BCUT2D eigenvalue weighted by atomic mass is 9.98. The summed E-state index contributed by atoms with van der Waals surface area (Å²) in [6.07, 6.45) is 1.92. The molecule has 5 aromatic rings. The number of aryl methyl sites for hydroxylation is 1. The van der Waals surface area contributed by atoms with E-state index in [1.807, 2.05) is 54.6 Å². The maximum absolute atomic E-state index is 13.0. The Morgan fingerprint density at radius 1 is 0.838 bits per heavy atom. The van der Waals surface area contributed by atoms with E-state index in [2.05, 4.69) is 22.3 Å². The molecule has 4 aromatic carbocycles. The summed E-state index contributed by atoms with van der Waals surface area (Å²) in [4.78, 5) is 17.9. The first-order valence-corrected chi connectivity index (χ1v) is 13.7. The quantitative estimate of drug-likeness (QED) is 0.286. The van der Waals surface area contributed by atoms with Gasteiger partial charge >= 0.3 is 0 Å². The number of carbonyl (C=O) groups is 1. The topological polar surface area (TPSA) is 81.1 Å². The van der Waals surface area contributed by atoms with Crippen LogP contribution in [0.4, 0.5) is 0 Å². The van der Waals surface area contributed by atoms with Crippen molar-refractivity contribution in [2.24, 2.45) is 0 Å². The van der Waals surface area contributed by atoms with Gasteiger partial charge in [-0.25, -0.2) is 18.1 Å². The van der Waals surface area contributed by atoms with Crippen LogP contribution in [0.25, 0.3) is 22.2 Å². The van der Waals surface area contributed by atoms with E-state index in [9.17, 15) is 13.2 Å². The monoisotopic (exact) mass is 509 g/mol. The number of carbonyl (C=O) groups excluding carboxylic acids is 1. The van der Waals surface area contributed by atoms with E-state index in [1.54, 1.807) is 30.3 Å². The SMILES string of the molecule is CCCc1nc2ccccc2n1Cc1ccc(-c2ccccc2C(=O)NS(=O)(=O)c2ccccc2)cc1. The molecule has 0 radical (unpaired) electrons. The van der Waals surface area contributed by atoms with Crippen LogP contribution in [-0.2, 0) is 23.0 Å². The third-order valence-electron chi connectivity index (χ3n) is 6.27. The van der Waals surface area contributed by atoms with Gasteiger partial charge in [0.25, 0.3) is 15.9 Å². The molecule has 6 nitrogen and oxygen atoms in total. The van der Waals surface area contributed by atoms with Crippen LogP contribution in [0.1, 0.15) is 35.1 Å². The molecule has 1 aromatic heterocycles. The van der Waals surface area contributed by atoms with Crippen molar-refractivity contribution in [1.82, 2.24) is 14.3 Å².